The van der Waals surface area contributed by atoms with Crippen molar-refractivity contribution in [1.29, 1.82) is 0 Å². The molecule has 13 heavy (non-hydrogen) atoms. The van der Waals surface area contributed by atoms with Crippen molar-refractivity contribution in [2.24, 2.45) is 0 Å². The zero-order chi connectivity index (χ0) is 8.89. The third-order valence-electron chi connectivity index (χ3n) is 3.47. The lowest BCUT2D eigenvalue weighted by Gasteiger charge is -2.40. The molecule has 1 fully saturated rings. The molecular formula is C11H12FN. The molecule has 1 spiro atoms. The lowest BCUT2D eigenvalue weighted by atomic mass is 9.76. The van der Waals surface area contributed by atoms with Gasteiger partial charge >= 0.3 is 0 Å². The van der Waals surface area contributed by atoms with Gasteiger partial charge in [0.15, 0.2) is 0 Å². The van der Waals surface area contributed by atoms with E-state index in [-0.39, 0.29) is 11.2 Å². The van der Waals surface area contributed by atoms with E-state index < -0.39 is 0 Å². The molecule has 3 rings (SSSR count). The molecule has 0 saturated carbocycles. The van der Waals surface area contributed by atoms with Gasteiger partial charge in [-0.25, -0.2) is 4.39 Å². The topological polar surface area (TPSA) is 12.0 Å². The Bertz CT molecular complexity index is 355. The van der Waals surface area contributed by atoms with Crippen LogP contribution in [0.3, 0.4) is 0 Å². The van der Waals surface area contributed by atoms with Crippen LogP contribution in [0.25, 0.3) is 0 Å². The van der Waals surface area contributed by atoms with Crippen LogP contribution in [0.4, 0.5) is 4.39 Å². The second-order valence-corrected chi connectivity index (χ2v) is 4.15. The molecule has 2 heteroatoms. The molecule has 0 amide bonds. The highest BCUT2D eigenvalue weighted by atomic mass is 19.1. The quantitative estimate of drug-likeness (QED) is 0.635. The summed E-state index contributed by atoms with van der Waals surface area (Å²) in [5, 5.41) is 3.28. The molecule has 1 aromatic rings. The van der Waals surface area contributed by atoms with Gasteiger partial charge in [-0.2, -0.15) is 0 Å². The zero-order valence-corrected chi connectivity index (χ0v) is 7.44. The first-order chi connectivity index (χ1) is 6.32. The van der Waals surface area contributed by atoms with Gasteiger partial charge in [0.1, 0.15) is 5.82 Å². The number of hydrogen-bond donors (Lipinski definition) is 1. The molecule has 1 saturated heterocycles. The monoisotopic (exact) mass is 177 g/mol. The van der Waals surface area contributed by atoms with E-state index in [9.17, 15) is 4.39 Å². The minimum Gasteiger partial charge on any atom is -0.315 e. The van der Waals surface area contributed by atoms with Crippen molar-refractivity contribution in [1.82, 2.24) is 5.32 Å². The minimum atomic E-state index is -0.0127. The number of benzene rings is 1. The summed E-state index contributed by atoms with van der Waals surface area (Å²) in [6, 6.07) is 5.50. The Morgan fingerprint density at radius 2 is 2.15 bits per heavy atom. The van der Waals surface area contributed by atoms with Gasteiger partial charge in [-0.3, -0.25) is 0 Å². The Kier molecular flexibility index (Phi) is 1.34. The van der Waals surface area contributed by atoms with Crippen molar-refractivity contribution in [3.05, 3.63) is 35.1 Å². The van der Waals surface area contributed by atoms with Gasteiger partial charge in [0.25, 0.3) is 0 Å². The molecule has 1 aromatic carbocycles. The molecule has 68 valence electrons. The standard InChI is InChI=1S/C11H12FN/c12-10-3-1-2-9-8(10)4-5-11(9)6-13-7-11/h1-3,13H,4-7H2. The van der Waals surface area contributed by atoms with Crippen molar-refractivity contribution in [3.8, 4) is 0 Å². The highest BCUT2D eigenvalue weighted by molar-refractivity contribution is 5.42. The van der Waals surface area contributed by atoms with E-state index in [2.05, 4.69) is 11.4 Å². The maximum Gasteiger partial charge on any atom is 0.126 e. The summed E-state index contributed by atoms with van der Waals surface area (Å²) in [7, 11) is 0. The first-order valence-electron chi connectivity index (χ1n) is 4.80. The van der Waals surface area contributed by atoms with E-state index in [4.69, 9.17) is 0 Å². The predicted octanol–water partition coefficient (Wildman–Crippen LogP) is 1.61. The fourth-order valence-electron chi connectivity index (χ4n) is 2.60. The number of nitrogens with one attached hydrogen (secondary N) is 1. The summed E-state index contributed by atoms with van der Waals surface area (Å²) in [5.41, 5.74) is 2.51. The lowest BCUT2D eigenvalue weighted by Crippen LogP contribution is -2.55. The summed E-state index contributed by atoms with van der Waals surface area (Å²) < 4.78 is 13.4. The molecule has 2 aliphatic rings. The van der Waals surface area contributed by atoms with Crippen LogP contribution in [-0.2, 0) is 11.8 Å². The average Bonchev–Trinajstić information content (AvgIpc) is 2.44. The van der Waals surface area contributed by atoms with Crippen LogP contribution >= 0.6 is 0 Å². The van der Waals surface area contributed by atoms with Crippen LogP contribution in [0.1, 0.15) is 17.5 Å². The minimum absolute atomic E-state index is 0.0127. The maximum atomic E-state index is 13.4. The van der Waals surface area contributed by atoms with Gasteiger partial charge in [-0.15, -0.1) is 0 Å². The van der Waals surface area contributed by atoms with Crippen LogP contribution in [-0.4, -0.2) is 13.1 Å². The summed E-state index contributed by atoms with van der Waals surface area (Å²) in [6.45, 7) is 2.06. The zero-order valence-electron chi connectivity index (χ0n) is 7.44. The van der Waals surface area contributed by atoms with Crippen molar-refractivity contribution < 1.29 is 4.39 Å². The molecule has 0 bridgehead atoms. The van der Waals surface area contributed by atoms with E-state index in [1.165, 1.54) is 5.56 Å². The summed E-state index contributed by atoms with van der Waals surface area (Å²) in [6.07, 6.45) is 2.04. The summed E-state index contributed by atoms with van der Waals surface area (Å²) in [5.74, 6) is -0.0127. The van der Waals surface area contributed by atoms with E-state index >= 15 is 0 Å². The first kappa shape index (κ1) is 7.51. The fraction of sp³-hybridized carbons (Fsp3) is 0.455. The number of halogens is 1. The van der Waals surface area contributed by atoms with Gasteiger partial charge in [0.2, 0.25) is 0 Å². The Labute approximate surface area is 77.0 Å². The molecular weight excluding hydrogens is 165 g/mol. The second kappa shape index (κ2) is 2.32. The molecule has 1 N–H and O–H groups in total. The average molecular weight is 177 g/mol. The third-order valence-corrected chi connectivity index (χ3v) is 3.47. The summed E-state index contributed by atoms with van der Waals surface area (Å²) in [4.78, 5) is 0. The Hall–Kier alpha value is -0.890. The smallest absolute Gasteiger partial charge is 0.126 e. The van der Waals surface area contributed by atoms with Crippen LogP contribution < -0.4 is 5.32 Å². The number of fused-ring (bicyclic) bond motifs is 2. The second-order valence-electron chi connectivity index (χ2n) is 4.15. The predicted molar refractivity (Wildman–Crippen MR) is 49.3 cm³/mol. The van der Waals surface area contributed by atoms with Crippen molar-refractivity contribution in [3.63, 3.8) is 0 Å². The largest absolute Gasteiger partial charge is 0.315 e. The van der Waals surface area contributed by atoms with Crippen LogP contribution in [0.15, 0.2) is 18.2 Å². The molecule has 1 aliphatic carbocycles. The van der Waals surface area contributed by atoms with Crippen molar-refractivity contribution >= 4 is 0 Å². The Balaban J connectivity index is 2.16. The molecule has 0 radical (unpaired) electrons. The highest BCUT2D eigenvalue weighted by Gasteiger charge is 2.44. The van der Waals surface area contributed by atoms with Gasteiger partial charge in [-0.05, 0) is 30.0 Å². The van der Waals surface area contributed by atoms with E-state index in [0.717, 1.165) is 31.5 Å². The van der Waals surface area contributed by atoms with Crippen LogP contribution in [0.2, 0.25) is 0 Å². The normalized spacial score (nSPS) is 22.8. The molecule has 1 heterocycles. The number of rotatable bonds is 0. The SMILES string of the molecule is Fc1cccc2c1CCC21CNC1. The third kappa shape index (κ3) is 0.841. The molecule has 0 atom stereocenters. The van der Waals surface area contributed by atoms with Crippen molar-refractivity contribution in [2.75, 3.05) is 13.1 Å². The Morgan fingerprint density at radius 1 is 1.31 bits per heavy atom. The van der Waals surface area contributed by atoms with Gasteiger partial charge in [-0.1, -0.05) is 12.1 Å². The van der Waals surface area contributed by atoms with Gasteiger partial charge in [0.05, 0.1) is 0 Å². The van der Waals surface area contributed by atoms with E-state index in [1.54, 1.807) is 6.07 Å². The molecule has 0 aromatic heterocycles. The summed E-state index contributed by atoms with van der Waals surface area (Å²) >= 11 is 0. The van der Waals surface area contributed by atoms with Gasteiger partial charge in [0, 0.05) is 18.5 Å². The number of hydrogen-bond acceptors (Lipinski definition) is 1. The maximum absolute atomic E-state index is 13.4. The molecule has 1 aliphatic heterocycles. The van der Waals surface area contributed by atoms with Crippen LogP contribution in [0.5, 0.6) is 0 Å². The molecule has 1 nitrogen and oxygen atoms in total. The molecule has 0 unspecified atom stereocenters. The van der Waals surface area contributed by atoms with Crippen molar-refractivity contribution in [2.45, 2.75) is 18.3 Å². The van der Waals surface area contributed by atoms with E-state index in [1.807, 2.05) is 6.07 Å². The lowest BCUT2D eigenvalue weighted by molar-refractivity contribution is 0.276. The van der Waals surface area contributed by atoms with Gasteiger partial charge < -0.3 is 5.32 Å². The highest BCUT2D eigenvalue weighted by Crippen LogP contribution is 2.42. The van der Waals surface area contributed by atoms with E-state index in [0.29, 0.717) is 0 Å². The fourth-order valence-corrected chi connectivity index (χ4v) is 2.60. The first-order valence-corrected chi connectivity index (χ1v) is 4.80. The van der Waals surface area contributed by atoms with Crippen LogP contribution in [0, 0.1) is 5.82 Å². The Morgan fingerprint density at radius 3 is 2.85 bits per heavy atom.